The smallest absolute Gasteiger partial charge is 0.203 e. The maximum Gasteiger partial charge on any atom is 0.203 e. The van der Waals surface area contributed by atoms with Gasteiger partial charge in [-0.05, 0) is 0 Å². The van der Waals surface area contributed by atoms with Crippen molar-refractivity contribution in [2.45, 2.75) is 6.54 Å². The van der Waals surface area contributed by atoms with E-state index in [2.05, 4.69) is 15.1 Å². The first-order valence-electron chi connectivity index (χ1n) is 4.39. The first-order valence-corrected chi connectivity index (χ1v) is 6.69. The van der Waals surface area contributed by atoms with E-state index in [1.807, 2.05) is 0 Å². The monoisotopic (exact) mass is 232 g/mol. The molecule has 1 fully saturated rings. The molecule has 2 N–H and O–H groups in total. The Morgan fingerprint density at radius 1 is 1.43 bits per heavy atom. The molecule has 0 atom stereocenters. The molecule has 1 saturated heterocycles. The SMILES string of the molecule is Nc1nnc(CN2CCS(=O)CC2)s1. The minimum absolute atomic E-state index is 0.514. The zero-order valence-electron chi connectivity index (χ0n) is 7.68. The van der Waals surface area contributed by atoms with Crippen LogP contribution in [0.3, 0.4) is 0 Å². The molecule has 0 saturated carbocycles. The van der Waals surface area contributed by atoms with E-state index < -0.39 is 10.8 Å². The Kier molecular flexibility index (Phi) is 3.09. The van der Waals surface area contributed by atoms with Gasteiger partial charge in [0.15, 0.2) is 0 Å². The molecule has 5 nitrogen and oxygen atoms in total. The van der Waals surface area contributed by atoms with Crippen LogP contribution in [0.1, 0.15) is 5.01 Å². The van der Waals surface area contributed by atoms with Crippen molar-refractivity contribution in [2.24, 2.45) is 0 Å². The molecule has 1 aromatic rings. The average Bonchev–Trinajstić information content (AvgIpc) is 2.56. The molecule has 0 unspecified atom stereocenters. The largest absolute Gasteiger partial charge is 0.374 e. The Bertz CT molecular complexity index is 330. The highest BCUT2D eigenvalue weighted by Crippen LogP contribution is 2.14. The molecular weight excluding hydrogens is 220 g/mol. The Morgan fingerprint density at radius 2 is 2.14 bits per heavy atom. The number of nitrogens with zero attached hydrogens (tertiary/aromatic N) is 3. The number of nitrogens with two attached hydrogens (primary N) is 1. The Labute approximate surface area is 88.8 Å². The predicted octanol–water partition coefficient (Wildman–Crippen LogP) is -0.315. The molecule has 0 radical (unpaired) electrons. The van der Waals surface area contributed by atoms with Crippen molar-refractivity contribution in [2.75, 3.05) is 30.3 Å². The second-order valence-corrected chi connectivity index (χ2v) is 5.95. The van der Waals surface area contributed by atoms with Crippen molar-refractivity contribution in [3.63, 3.8) is 0 Å². The van der Waals surface area contributed by atoms with E-state index in [0.717, 1.165) is 36.1 Å². The number of aromatic nitrogens is 2. The average molecular weight is 232 g/mol. The summed E-state index contributed by atoms with van der Waals surface area (Å²) in [4.78, 5) is 2.24. The topological polar surface area (TPSA) is 72.1 Å². The molecule has 1 aromatic heterocycles. The molecule has 1 aliphatic heterocycles. The van der Waals surface area contributed by atoms with Gasteiger partial charge in [-0.2, -0.15) is 0 Å². The highest BCUT2D eigenvalue weighted by Gasteiger charge is 2.16. The molecular formula is C7H12N4OS2. The van der Waals surface area contributed by atoms with Crippen LogP contribution in [0.15, 0.2) is 0 Å². The zero-order valence-corrected chi connectivity index (χ0v) is 9.31. The van der Waals surface area contributed by atoms with Gasteiger partial charge in [0.2, 0.25) is 5.13 Å². The number of rotatable bonds is 2. The third-order valence-electron chi connectivity index (χ3n) is 2.11. The van der Waals surface area contributed by atoms with Crippen molar-refractivity contribution >= 4 is 27.3 Å². The molecule has 0 bridgehead atoms. The summed E-state index contributed by atoms with van der Waals surface area (Å²) in [5.74, 6) is 1.54. The summed E-state index contributed by atoms with van der Waals surface area (Å²) in [7, 11) is -0.613. The van der Waals surface area contributed by atoms with Crippen LogP contribution in [0.2, 0.25) is 0 Å². The van der Waals surface area contributed by atoms with E-state index in [-0.39, 0.29) is 0 Å². The summed E-state index contributed by atoms with van der Waals surface area (Å²) in [6, 6.07) is 0. The van der Waals surface area contributed by atoms with Gasteiger partial charge in [-0.1, -0.05) is 11.3 Å². The van der Waals surface area contributed by atoms with Gasteiger partial charge in [-0.15, -0.1) is 10.2 Å². The maximum absolute atomic E-state index is 11.1. The van der Waals surface area contributed by atoms with Crippen molar-refractivity contribution < 1.29 is 4.21 Å². The molecule has 7 heteroatoms. The van der Waals surface area contributed by atoms with Gasteiger partial charge in [0.25, 0.3) is 0 Å². The lowest BCUT2D eigenvalue weighted by molar-refractivity contribution is 0.290. The molecule has 2 heterocycles. The second kappa shape index (κ2) is 4.33. The molecule has 2 rings (SSSR count). The number of nitrogen functional groups attached to an aromatic ring is 1. The standard InChI is InChI=1S/C7H12N4OS2/c8-7-10-9-6(13-7)5-11-1-3-14(12)4-2-11/h1-5H2,(H2,8,10). The van der Waals surface area contributed by atoms with Crippen LogP contribution in [-0.2, 0) is 17.3 Å². The zero-order chi connectivity index (χ0) is 9.97. The van der Waals surface area contributed by atoms with Gasteiger partial charge in [-0.3, -0.25) is 9.11 Å². The van der Waals surface area contributed by atoms with Crippen molar-refractivity contribution in [3.8, 4) is 0 Å². The lowest BCUT2D eigenvalue weighted by Crippen LogP contribution is -2.37. The van der Waals surface area contributed by atoms with E-state index in [1.165, 1.54) is 11.3 Å². The quantitative estimate of drug-likeness (QED) is 0.757. The van der Waals surface area contributed by atoms with Gasteiger partial charge >= 0.3 is 0 Å². The molecule has 78 valence electrons. The molecule has 1 aliphatic rings. The van der Waals surface area contributed by atoms with Crippen LogP contribution >= 0.6 is 11.3 Å². The minimum atomic E-state index is -0.613. The highest BCUT2D eigenvalue weighted by atomic mass is 32.2. The van der Waals surface area contributed by atoms with Crippen LogP contribution in [-0.4, -0.2) is 43.9 Å². The van der Waals surface area contributed by atoms with Gasteiger partial charge < -0.3 is 5.73 Å². The number of anilines is 1. The van der Waals surface area contributed by atoms with Crippen molar-refractivity contribution in [3.05, 3.63) is 5.01 Å². The Morgan fingerprint density at radius 3 is 2.71 bits per heavy atom. The van der Waals surface area contributed by atoms with E-state index in [0.29, 0.717) is 5.13 Å². The Balaban J connectivity index is 1.89. The fourth-order valence-corrected chi connectivity index (χ4v) is 3.14. The molecule has 0 amide bonds. The van der Waals surface area contributed by atoms with E-state index in [1.54, 1.807) is 0 Å². The summed E-state index contributed by atoms with van der Waals surface area (Å²) in [6.07, 6.45) is 0. The van der Waals surface area contributed by atoms with Gasteiger partial charge in [-0.25, -0.2) is 0 Å². The number of hydrogen-bond acceptors (Lipinski definition) is 6. The molecule has 14 heavy (non-hydrogen) atoms. The van der Waals surface area contributed by atoms with Crippen LogP contribution in [0.5, 0.6) is 0 Å². The van der Waals surface area contributed by atoms with E-state index >= 15 is 0 Å². The normalized spacial score (nSPS) is 20.0. The second-order valence-electron chi connectivity index (χ2n) is 3.16. The summed E-state index contributed by atoms with van der Waals surface area (Å²) in [6.45, 7) is 2.55. The van der Waals surface area contributed by atoms with Crippen LogP contribution in [0, 0.1) is 0 Å². The van der Waals surface area contributed by atoms with Gasteiger partial charge in [0, 0.05) is 35.4 Å². The third kappa shape index (κ3) is 2.49. The third-order valence-corrected chi connectivity index (χ3v) is 4.12. The summed E-state index contributed by atoms with van der Waals surface area (Å²) in [5, 5.41) is 9.17. The molecule has 0 spiro atoms. The molecule has 0 aromatic carbocycles. The van der Waals surface area contributed by atoms with Gasteiger partial charge in [0.1, 0.15) is 5.01 Å². The molecule has 0 aliphatic carbocycles. The van der Waals surface area contributed by atoms with Crippen LogP contribution < -0.4 is 5.73 Å². The minimum Gasteiger partial charge on any atom is -0.374 e. The summed E-state index contributed by atoms with van der Waals surface area (Å²) in [5.41, 5.74) is 5.48. The lowest BCUT2D eigenvalue weighted by atomic mass is 10.5. The summed E-state index contributed by atoms with van der Waals surface area (Å²) < 4.78 is 11.1. The van der Waals surface area contributed by atoms with E-state index in [9.17, 15) is 4.21 Å². The first kappa shape index (κ1) is 10.0. The fraction of sp³-hybridized carbons (Fsp3) is 0.714. The lowest BCUT2D eigenvalue weighted by Gasteiger charge is -2.24. The van der Waals surface area contributed by atoms with E-state index in [4.69, 9.17) is 5.73 Å². The fourth-order valence-electron chi connectivity index (χ4n) is 1.36. The maximum atomic E-state index is 11.1. The number of hydrogen-bond donors (Lipinski definition) is 1. The summed E-state index contributed by atoms with van der Waals surface area (Å²) >= 11 is 1.42. The van der Waals surface area contributed by atoms with Crippen molar-refractivity contribution in [1.29, 1.82) is 0 Å². The van der Waals surface area contributed by atoms with Crippen LogP contribution in [0.25, 0.3) is 0 Å². The highest BCUT2D eigenvalue weighted by molar-refractivity contribution is 7.85. The predicted molar refractivity (Wildman–Crippen MR) is 57.5 cm³/mol. The Hall–Kier alpha value is -0.530. The van der Waals surface area contributed by atoms with Crippen LogP contribution in [0.4, 0.5) is 5.13 Å². The van der Waals surface area contributed by atoms with Gasteiger partial charge in [0.05, 0.1) is 6.54 Å². The van der Waals surface area contributed by atoms with Crippen molar-refractivity contribution in [1.82, 2.24) is 15.1 Å². The first-order chi connectivity index (χ1) is 6.74.